The zero-order valence-corrected chi connectivity index (χ0v) is 37.1. The second kappa shape index (κ2) is 15.3. The molecule has 0 saturated heterocycles. The number of nitrogens with zero attached hydrogens (tertiary/aromatic N) is 4. The van der Waals surface area contributed by atoms with E-state index < -0.39 is 0 Å². The second-order valence-electron chi connectivity index (χ2n) is 18.2. The number of para-hydroxylation sites is 2. The van der Waals surface area contributed by atoms with Crippen LogP contribution in [0.25, 0.3) is 122 Å². The van der Waals surface area contributed by atoms with Gasteiger partial charge in [0.05, 0.1) is 22.4 Å². The fourth-order valence-corrected chi connectivity index (χ4v) is 10.4. The van der Waals surface area contributed by atoms with Gasteiger partial charge < -0.3 is 0 Å². The van der Waals surface area contributed by atoms with E-state index in [9.17, 15) is 0 Å². The zero-order chi connectivity index (χ0) is 44.6. The van der Waals surface area contributed by atoms with Gasteiger partial charge in [-0.05, 0) is 90.3 Å². The van der Waals surface area contributed by atoms with Crippen LogP contribution in [0.15, 0.2) is 218 Å². The average Bonchev–Trinajstić information content (AvgIpc) is 3.62. The molecule has 0 radical (unpaired) electrons. The number of hydrogen-bond donors (Lipinski definition) is 0. The van der Waals surface area contributed by atoms with E-state index in [1.165, 1.54) is 66.1 Å². The lowest BCUT2D eigenvalue weighted by atomic mass is 9.81. The van der Waals surface area contributed by atoms with Gasteiger partial charge in [0.25, 0.3) is 0 Å². The third-order valence-electron chi connectivity index (χ3n) is 13.9. The number of benzene rings is 10. The minimum atomic E-state index is -0.301. The Morgan fingerprint density at radius 3 is 1.09 bits per heavy atom. The molecule has 4 nitrogen and oxygen atoms in total. The van der Waals surface area contributed by atoms with Crippen LogP contribution in [0.5, 0.6) is 0 Å². The maximum Gasteiger partial charge on any atom is 0.160 e. The summed E-state index contributed by atoms with van der Waals surface area (Å²) in [6, 6.07) is 77.9. The van der Waals surface area contributed by atoms with Crippen molar-refractivity contribution in [3.05, 3.63) is 230 Å². The van der Waals surface area contributed by atoms with Crippen LogP contribution in [0, 0.1) is 0 Å². The predicted octanol–water partition coefficient (Wildman–Crippen LogP) is 16.2. The van der Waals surface area contributed by atoms with E-state index in [1.54, 1.807) is 0 Å². The molecule has 0 aliphatic heterocycles. The highest BCUT2D eigenvalue weighted by atomic mass is 14.9. The smallest absolute Gasteiger partial charge is 0.160 e. The third-order valence-corrected chi connectivity index (χ3v) is 13.9. The minimum absolute atomic E-state index is 0.301. The van der Waals surface area contributed by atoms with Crippen LogP contribution in [-0.4, -0.2) is 19.9 Å². The maximum atomic E-state index is 5.33. The monoisotopic (exact) mass is 854 g/mol. The van der Waals surface area contributed by atoms with E-state index in [4.69, 9.17) is 19.9 Å². The molecule has 0 bridgehead atoms. The largest absolute Gasteiger partial charge is 0.228 e. The summed E-state index contributed by atoms with van der Waals surface area (Å²) in [7, 11) is 0. The Balaban J connectivity index is 0.849. The van der Waals surface area contributed by atoms with Crippen molar-refractivity contribution in [2.24, 2.45) is 0 Å². The van der Waals surface area contributed by atoms with Crippen LogP contribution in [0.1, 0.15) is 25.0 Å². The zero-order valence-electron chi connectivity index (χ0n) is 37.1. The molecule has 0 atom stereocenters. The Hall–Kier alpha value is -8.60. The lowest BCUT2D eigenvalue weighted by molar-refractivity contribution is 0.660. The normalized spacial score (nSPS) is 12.7. The molecule has 67 heavy (non-hydrogen) atoms. The van der Waals surface area contributed by atoms with Crippen LogP contribution in [-0.2, 0) is 5.41 Å². The van der Waals surface area contributed by atoms with E-state index in [1.807, 2.05) is 0 Å². The molecule has 0 unspecified atom stereocenters. The molecule has 0 spiro atoms. The Morgan fingerprint density at radius 1 is 0.284 bits per heavy atom. The molecule has 0 amide bonds. The van der Waals surface area contributed by atoms with Crippen molar-refractivity contribution >= 4 is 43.4 Å². The minimum Gasteiger partial charge on any atom is -0.228 e. The first-order chi connectivity index (χ1) is 32.9. The SMILES string of the molecule is CC1(C)c2cc(-c3nc(-c4ccc(-c5cccc6ccccc56)cc4)c4ccccc4n3)ccc2-c2ccc(-c3nc(-c4ccc(-c5cccc6ccccc56)cc4)c4ccccc4n3)cc21. The molecule has 0 saturated carbocycles. The number of aromatic nitrogens is 4. The van der Waals surface area contributed by atoms with Gasteiger partial charge in [-0.2, -0.15) is 0 Å². The summed E-state index contributed by atoms with van der Waals surface area (Å²) in [5.41, 5.74) is 17.3. The van der Waals surface area contributed by atoms with Gasteiger partial charge in [-0.25, -0.2) is 19.9 Å². The molecule has 314 valence electrons. The van der Waals surface area contributed by atoms with Crippen molar-refractivity contribution < 1.29 is 0 Å². The number of hydrogen-bond acceptors (Lipinski definition) is 4. The van der Waals surface area contributed by atoms with Crippen LogP contribution >= 0.6 is 0 Å². The van der Waals surface area contributed by atoms with Crippen molar-refractivity contribution in [2.45, 2.75) is 19.3 Å². The summed E-state index contributed by atoms with van der Waals surface area (Å²) < 4.78 is 0. The lowest BCUT2D eigenvalue weighted by Crippen LogP contribution is -2.15. The highest BCUT2D eigenvalue weighted by Gasteiger charge is 2.36. The molecule has 2 heterocycles. The third kappa shape index (κ3) is 6.44. The standard InChI is InChI=1S/C63H42N4/c1-63(2)55-37-45(61-64-57-23-9-7-19-53(57)59(66-61)43-29-25-41(26-30-43)49-21-11-15-39-13-3-5-17-47(39)49)33-35-51(55)52-36-34-46(38-56(52)63)62-65-58-24-10-8-20-54(58)60(67-62)44-31-27-42(28-32-44)50-22-12-16-40-14-4-6-18-48(40)50/h3-38H,1-2H3. The van der Waals surface area contributed by atoms with Gasteiger partial charge in [-0.15, -0.1) is 0 Å². The molecule has 0 N–H and O–H groups in total. The molecular weight excluding hydrogens is 813 g/mol. The van der Waals surface area contributed by atoms with Crippen LogP contribution < -0.4 is 0 Å². The predicted molar refractivity (Wildman–Crippen MR) is 278 cm³/mol. The Bertz CT molecular complexity index is 3670. The van der Waals surface area contributed by atoms with Gasteiger partial charge >= 0.3 is 0 Å². The van der Waals surface area contributed by atoms with Crippen molar-refractivity contribution in [1.82, 2.24) is 19.9 Å². The number of fused-ring (bicyclic) bond motifs is 7. The van der Waals surface area contributed by atoms with Crippen LogP contribution in [0.2, 0.25) is 0 Å². The molecule has 2 aromatic heterocycles. The van der Waals surface area contributed by atoms with Crippen LogP contribution in [0.3, 0.4) is 0 Å². The van der Waals surface area contributed by atoms with E-state index in [-0.39, 0.29) is 5.41 Å². The van der Waals surface area contributed by atoms with Gasteiger partial charge in [-0.1, -0.05) is 208 Å². The highest BCUT2D eigenvalue weighted by molar-refractivity contribution is 6.00. The first kappa shape index (κ1) is 38.8. The summed E-state index contributed by atoms with van der Waals surface area (Å²) in [6.45, 7) is 4.64. The summed E-state index contributed by atoms with van der Waals surface area (Å²) in [5, 5.41) is 7.03. The van der Waals surface area contributed by atoms with Gasteiger partial charge in [0, 0.05) is 38.4 Å². The van der Waals surface area contributed by atoms with Crippen molar-refractivity contribution in [1.29, 1.82) is 0 Å². The average molecular weight is 855 g/mol. The summed E-state index contributed by atoms with van der Waals surface area (Å²) in [6.07, 6.45) is 0. The van der Waals surface area contributed by atoms with Gasteiger partial charge in [0.2, 0.25) is 0 Å². The maximum absolute atomic E-state index is 5.33. The van der Waals surface area contributed by atoms with E-state index in [0.29, 0.717) is 11.6 Å². The van der Waals surface area contributed by atoms with Gasteiger partial charge in [-0.3, -0.25) is 0 Å². The lowest BCUT2D eigenvalue weighted by Gasteiger charge is -2.22. The first-order valence-corrected chi connectivity index (χ1v) is 23.0. The highest BCUT2D eigenvalue weighted by Crippen LogP contribution is 2.51. The molecule has 1 aliphatic rings. The molecule has 4 heteroatoms. The van der Waals surface area contributed by atoms with Crippen LogP contribution in [0.4, 0.5) is 0 Å². The molecule has 13 rings (SSSR count). The molecule has 1 aliphatic carbocycles. The summed E-state index contributed by atoms with van der Waals surface area (Å²) in [5.74, 6) is 1.42. The van der Waals surface area contributed by atoms with Crippen molar-refractivity contribution in [3.63, 3.8) is 0 Å². The topological polar surface area (TPSA) is 51.6 Å². The quantitative estimate of drug-likeness (QED) is 0.167. The first-order valence-electron chi connectivity index (χ1n) is 23.0. The fourth-order valence-electron chi connectivity index (χ4n) is 10.4. The van der Waals surface area contributed by atoms with Gasteiger partial charge in [0.15, 0.2) is 11.6 Å². The van der Waals surface area contributed by atoms with Crippen molar-refractivity contribution in [3.8, 4) is 78.7 Å². The second-order valence-corrected chi connectivity index (χ2v) is 18.2. The van der Waals surface area contributed by atoms with E-state index >= 15 is 0 Å². The summed E-state index contributed by atoms with van der Waals surface area (Å²) >= 11 is 0. The molecule has 0 fully saturated rings. The van der Waals surface area contributed by atoms with E-state index in [2.05, 4.69) is 232 Å². The van der Waals surface area contributed by atoms with Gasteiger partial charge in [0.1, 0.15) is 0 Å². The van der Waals surface area contributed by atoms with E-state index in [0.717, 1.165) is 55.4 Å². The number of rotatable bonds is 6. The van der Waals surface area contributed by atoms with Crippen molar-refractivity contribution in [2.75, 3.05) is 0 Å². The molecule has 10 aromatic carbocycles. The molecule has 12 aromatic rings. The summed E-state index contributed by atoms with van der Waals surface area (Å²) in [4.78, 5) is 21.0. The fraction of sp³-hybridized carbons (Fsp3) is 0.0476. The molecular formula is C63H42N4. The Kier molecular flexibility index (Phi) is 8.84. The Morgan fingerprint density at radius 2 is 0.642 bits per heavy atom. The Labute approximate surface area is 389 Å².